The second kappa shape index (κ2) is 7.95. The van der Waals surface area contributed by atoms with Gasteiger partial charge in [-0.3, -0.25) is 9.69 Å². The Labute approximate surface area is 142 Å². The average molecular weight is 325 g/mol. The lowest BCUT2D eigenvalue weighted by molar-refractivity contribution is -0.120. The van der Waals surface area contributed by atoms with Gasteiger partial charge in [0.2, 0.25) is 5.91 Å². The predicted molar refractivity (Wildman–Crippen MR) is 96.8 cm³/mol. The van der Waals surface area contributed by atoms with Gasteiger partial charge < -0.3 is 15.0 Å². The number of hydrogen-bond donors (Lipinski definition) is 1. The van der Waals surface area contributed by atoms with Crippen LogP contribution in [0.3, 0.4) is 0 Å². The molecule has 1 saturated heterocycles. The number of para-hydroxylation sites is 3. The van der Waals surface area contributed by atoms with Gasteiger partial charge in [0, 0.05) is 25.8 Å². The number of carbonyl (C=O) groups excluding carboxylic acids is 1. The highest BCUT2D eigenvalue weighted by molar-refractivity contribution is 5.97. The van der Waals surface area contributed by atoms with Gasteiger partial charge in [0.05, 0.1) is 31.1 Å². The minimum absolute atomic E-state index is 0.0826. The average Bonchev–Trinajstić information content (AvgIpc) is 2.63. The second-order valence-electron chi connectivity index (χ2n) is 5.85. The van der Waals surface area contributed by atoms with Gasteiger partial charge in [-0.05, 0) is 24.3 Å². The monoisotopic (exact) mass is 325 g/mol. The molecule has 126 valence electrons. The minimum atomic E-state index is 0.0826. The number of carbonyl (C=O) groups is 1. The third-order valence-corrected chi connectivity index (χ3v) is 4.15. The van der Waals surface area contributed by atoms with Crippen LogP contribution in [0.1, 0.15) is 0 Å². The van der Waals surface area contributed by atoms with Crippen LogP contribution < -0.4 is 10.2 Å². The van der Waals surface area contributed by atoms with Crippen LogP contribution in [0.2, 0.25) is 0 Å². The van der Waals surface area contributed by atoms with E-state index in [0.717, 1.165) is 30.2 Å². The smallest absolute Gasteiger partial charge is 0.240 e. The molecule has 0 saturated carbocycles. The van der Waals surface area contributed by atoms with Gasteiger partial charge in [-0.15, -0.1) is 0 Å². The summed E-state index contributed by atoms with van der Waals surface area (Å²) in [6.07, 6.45) is 0. The largest absolute Gasteiger partial charge is 0.379 e. The molecule has 3 rings (SSSR count). The normalized spacial score (nSPS) is 15.0. The van der Waals surface area contributed by atoms with Gasteiger partial charge in [-0.2, -0.15) is 0 Å². The first-order chi connectivity index (χ1) is 11.7. The number of hydrogen-bond acceptors (Lipinski definition) is 4. The number of morpholine rings is 1. The molecule has 0 radical (unpaired) electrons. The summed E-state index contributed by atoms with van der Waals surface area (Å²) in [5.41, 5.74) is 2.79. The van der Waals surface area contributed by atoms with Crippen LogP contribution in [0.4, 0.5) is 17.1 Å². The van der Waals surface area contributed by atoms with E-state index in [-0.39, 0.29) is 5.91 Å². The van der Waals surface area contributed by atoms with Crippen molar-refractivity contribution in [1.82, 2.24) is 4.90 Å². The van der Waals surface area contributed by atoms with Crippen molar-refractivity contribution in [1.29, 1.82) is 0 Å². The number of nitrogens with one attached hydrogen (secondary N) is 1. The molecule has 0 bridgehead atoms. The zero-order valence-corrected chi connectivity index (χ0v) is 13.9. The molecule has 0 spiro atoms. The fourth-order valence-corrected chi connectivity index (χ4v) is 2.74. The Morgan fingerprint density at radius 3 is 2.50 bits per heavy atom. The van der Waals surface area contributed by atoms with Crippen molar-refractivity contribution in [3.05, 3.63) is 54.6 Å². The summed E-state index contributed by atoms with van der Waals surface area (Å²) in [6, 6.07) is 17.8. The lowest BCUT2D eigenvalue weighted by atomic mass is 10.2. The first-order valence-electron chi connectivity index (χ1n) is 8.22. The number of rotatable bonds is 5. The standard InChI is InChI=1S/C19H23N3O2/c1-21(19(23)15-22-11-13-24-14-12-22)18-10-6-5-9-17(18)20-16-7-3-2-4-8-16/h2-10,20H,11-15H2,1H3. The van der Waals surface area contributed by atoms with E-state index in [1.54, 1.807) is 4.90 Å². The van der Waals surface area contributed by atoms with Crippen molar-refractivity contribution in [2.75, 3.05) is 50.1 Å². The van der Waals surface area contributed by atoms with E-state index < -0.39 is 0 Å². The van der Waals surface area contributed by atoms with Gasteiger partial charge in [0.25, 0.3) is 0 Å². The van der Waals surface area contributed by atoms with Gasteiger partial charge in [0.1, 0.15) is 0 Å². The first kappa shape index (κ1) is 16.5. The predicted octanol–water partition coefficient (Wildman–Crippen LogP) is 2.73. The molecule has 0 atom stereocenters. The molecule has 1 heterocycles. The number of likely N-dealkylation sites (N-methyl/N-ethyl adjacent to an activating group) is 1. The molecule has 5 heteroatoms. The fourth-order valence-electron chi connectivity index (χ4n) is 2.74. The Kier molecular flexibility index (Phi) is 5.46. The zero-order chi connectivity index (χ0) is 16.8. The van der Waals surface area contributed by atoms with Gasteiger partial charge in [-0.1, -0.05) is 30.3 Å². The van der Waals surface area contributed by atoms with E-state index in [0.29, 0.717) is 19.8 Å². The van der Waals surface area contributed by atoms with E-state index in [9.17, 15) is 4.79 Å². The Morgan fingerprint density at radius 1 is 1.08 bits per heavy atom. The minimum Gasteiger partial charge on any atom is -0.379 e. The van der Waals surface area contributed by atoms with E-state index >= 15 is 0 Å². The van der Waals surface area contributed by atoms with E-state index in [1.165, 1.54) is 0 Å². The number of anilines is 3. The highest BCUT2D eigenvalue weighted by Crippen LogP contribution is 2.28. The van der Waals surface area contributed by atoms with Crippen LogP contribution in [-0.2, 0) is 9.53 Å². The van der Waals surface area contributed by atoms with Crippen LogP contribution >= 0.6 is 0 Å². The topological polar surface area (TPSA) is 44.8 Å². The summed E-state index contributed by atoms with van der Waals surface area (Å²) < 4.78 is 5.34. The van der Waals surface area contributed by atoms with Crippen molar-refractivity contribution in [3.8, 4) is 0 Å². The molecule has 2 aromatic rings. The lowest BCUT2D eigenvalue weighted by Crippen LogP contribution is -2.43. The molecule has 5 nitrogen and oxygen atoms in total. The van der Waals surface area contributed by atoms with Crippen LogP contribution in [0, 0.1) is 0 Å². The van der Waals surface area contributed by atoms with E-state index in [1.807, 2.05) is 61.6 Å². The molecule has 1 amide bonds. The molecule has 1 N–H and O–H groups in total. The summed E-state index contributed by atoms with van der Waals surface area (Å²) in [5, 5.41) is 3.38. The second-order valence-corrected chi connectivity index (χ2v) is 5.85. The van der Waals surface area contributed by atoms with Crippen molar-refractivity contribution >= 4 is 23.0 Å². The Hall–Kier alpha value is -2.37. The molecular weight excluding hydrogens is 302 g/mol. The van der Waals surface area contributed by atoms with Crippen LogP contribution in [0.15, 0.2) is 54.6 Å². The summed E-state index contributed by atoms with van der Waals surface area (Å²) in [7, 11) is 1.83. The molecule has 0 aromatic heterocycles. The summed E-state index contributed by atoms with van der Waals surface area (Å²) in [5.74, 6) is 0.0826. The van der Waals surface area contributed by atoms with Crippen LogP contribution in [-0.4, -0.2) is 50.7 Å². The summed E-state index contributed by atoms with van der Waals surface area (Å²) in [4.78, 5) is 16.5. The Bertz CT molecular complexity index is 669. The van der Waals surface area contributed by atoms with Crippen molar-refractivity contribution < 1.29 is 9.53 Å². The maximum Gasteiger partial charge on any atom is 0.240 e. The van der Waals surface area contributed by atoms with E-state index in [2.05, 4.69) is 10.2 Å². The van der Waals surface area contributed by atoms with Crippen LogP contribution in [0.25, 0.3) is 0 Å². The SMILES string of the molecule is CN(C(=O)CN1CCOCC1)c1ccccc1Nc1ccccc1. The molecule has 1 aliphatic rings. The molecular formula is C19H23N3O2. The summed E-state index contributed by atoms with van der Waals surface area (Å²) in [6.45, 7) is 3.43. The number of amides is 1. The fraction of sp³-hybridized carbons (Fsp3) is 0.316. The Balaban J connectivity index is 1.72. The molecule has 2 aromatic carbocycles. The molecule has 1 fully saturated rings. The summed E-state index contributed by atoms with van der Waals surface area (Å²) >= 11 is 0. The lowest BCUT2D eigenvalue weighted by Gasteiger charge is -2.28. The van der Waals surface area contributed by atoms with Gasteiger partial charge in [0.15, 0.2) is 0 Å². The first-order valence-corrected chi connectivity index (χ1v) is 8.22. The van der Waals surface area contributed by atoms with Gasteiger partial charge in [-0.25, -0.2) is 0 Å². The third-order valence-electron chi connectivity index (χ3n) is 4.15. The van der Waals surface area contributed by atoms with E-state index in [4.69, 9.17) is 4.74 Å². The molecule has 0 aliphatic carbocycles. The highest BCUT2D eigenvalue weighted by Gasteiger charge is 2.19. The Morgan fingerprint density at radius 2 is 1.75 bits per heavy atom. The number of benzene rings is 2. The maximum absolute atomic E-state index is 12.6. The van der Waals surface area contributed by atoms with Crippen molar-refractivity contribution in [3.63, 3.8) is 0 Å². The van der Waals surface area contributed by atoms with Gasteiger partial charge >= 0.3 is 0 Å². The highest BCUT2D eigenvalue weighted by atomic mass is 16.5. The van der Waals surface area contributed by atoms with Crippen molar-refractivity contribution in [2.24, 2.45) is 0 Å². The third kappa shape index (κ3) is 4.13. The quantitative estimate of drug-likeness (QED) is 0.918. The van der Waals surface area contributed by atoms with Crippen molar-refractivity contribution in [2.45, 2.75) is 0 Å². The number of ether oxygens (including phenoxy) is 1. The zero-order valence-electron chi connectivity index (χ0n) is 13.9. The van der Waals surface area contributed by atoms with Crippen LogP contribution in [0.5, 0.6) is 0 Å². The molecule has 0 unspecified atom stereocenters. The molecule has 1 aliphatic heterocycles. The maximum atomic E-state index is 12.6. The molecule has 24 heavy (non-hydrogen) atoms. The number of nitrogens with zero attached hydrogens (tertiary/aromatic N) is 2.